The van der Waals surface area contributed by atoms with Gasteiger partial charge in [0.2, 0.25) is 11.8 Å². The summed E-state index contributed by atoms with van der Waals surface area (Å²) in [5.41, 5.74) is 2.21. The second-order valence-electron chi connectivity index (χ2n) is 7.00. The number of aryl methyl sites for hydroxylation is 1. The topological polar surface area (TPSA) is 69.6 Å². The summed E-state index contributed by atoms with van der Waals surface area (Å²) in [5.74, 6) is 0.148. The molecule has 0 aliphatic carbocycles. The van der Waals surface area contributed by atoms with Crippen LogP contribution in [-0.4, -0.2) is 40.5 Å². The van der Waals surface area contributed by atoms with Gasteiger partial charge < -0.3 is 15.3 Å². The van der Waals surface area contributed by atoms with Crippen molar-refractivity contribution in [1.29, 1.82) is 0 Å². The van der Waals surface area contributed by atoms with Gasteiger partial charge in [-0.25, -0.2) is 0 Å². The average molecular weight is 332 g/mol. The lowest BCUT2D eigenvalue weighted by Gasteiger charge is -2.25. The molecule has 0 saturated carbocycles. The maximum Gasteiger partial charge on any atom is 0.242 e. The molecule has 2 rings (SSSR count). The molecule has 0 bridgehead atoms. The molecule has 1 fully saturated rings. The predicted octanol–water partition coefficient (Wildman–Crippen LogP) is 2.01. The molecule has 0 spiro atoms. The molecule has 1 saturated heterocycles. The normalized spacial score (nSPS) is 20.1. The highest BCUT2D eigenvalue weighted by Gasteiger charge is 2.35. The van der Waals surface area contributed by atoms with Gasteiger partial charge in [0, 0.05) is 19.5 Å². The fourth-order valence-corrected chi connectivity index (χ4v) is 3.15. The van der Waals surface area contributed by atoms with Crippen LogP contribution in [0.5, 0.6) is 0 Å². The van der Waals surface area contributed by atoms with Crippen LogP contribution in [0, 0.1) is 12.8 Å². The second-order valence-corrected chi connectivity index (χ2v) is 7.00. The minimum absolute atomic E-state index is 0.0350. The zero-order valence-corrected chi connectivity index (χ0v) is 14.8. The number of hydrogen-bond donors (Lipinski definition) is 2. The molecule has 1 aromatic rings. The van der Waals surface area contributed by atoms with Crippen molar-refractivity contribution in [2.24, 2.45) is 5.92 Å². The highest BCUT2D eigenvalue weighted by atomic mass is 16.3. The van der Waals surface area contributed by atoms with Crippen LogP contribution in [0.2, 0.25) is 0 Å². The Hall–Kier alpha value is -1.88. The van der Waals surface area contributed by atoms with Crippen LogP contribution in [0.3, 0.4) is 0 Å². The molecule has 1 heterocycles. The minimum atomic E-state index is -0.391. The third-order valence-electron chi connectivity index (χ3n) is 4.47. The van der Waals surface area contributed by atoms with Crippen LogP contribution in [0.1, 0.15) is 44.2 Å². The molecule has 0 radical (unpaired) electrons. The van der Waals surface area contributed by atoms with E-state index in [0.717, 1.165) is 5.56 Å². The zero-order valence-electron chi connectivity index (χ0n) is 14.8. The summed E-state index contributed by atoms with van der Waals surface area (Å²) in [7, 11) is 0. The number of nitrogens with one attached hydrogen (secondary N) is 1. The third kappa shape index (κ3) is 5.06. The number of carbonyl (C=O) groups is 2. The van der Waals surface area contributed by atoms with Gasteiger partial charge in [-0.3, -0.25) is 9.59 Å². The van der Waals surface area contributed by atoms with Crippen molar-refractivity contribution in [1.82, 2.24) is 10.2 Å². The van der Waals surface area contributed by atoms with Crippen LogP contribution >= 0.6 is 0 Å². The van der Waals surface area contributed by atoms with Gasteiger partial charge >= 0.3 is 0 Å². The SMILES string of the molecule is Cc1ccc(CN2C(=O)CCC2C(=O)NCC(C)CC(C)O)cc1. The Labute approximate surface area is 144 Å². The van der Waals surface area contributed by atoms with E-state index in [1.165, 1.54) is 5.56 Å². The zero-order chi connectivity index (χ0) is 17.7. The number of rotatable bonds is 7. The molecule has 132 valence electrons. The van der Waals surface area contributed by atoms with Gasteiger partial charge in [-0.2, -0.15) is 0 Å². The van der Waals surface area contributed by atoms with E-state index in [0.29, 0.717) is 32.4 Å². The van der Waals surface area contributed by atoms with Crippen LogP contribution in [-0.2, 0) is 16.1 Å². The van der Waals surface area contributed by atoms with Crippen LogP contribution in [0.25, 0.3) is 0 Å². The highest BCUT2D eigenvalue weighted by Crippen LogP contribution is 2.22. The molecule has 5 nitrogen and oxygen atoms in total. The van der Waals surface area contributed by atoms with Crippen molar-refractivity contribution in [3.05, 3.63) is 35.4 Å². The number of aliphatic hydroxyl groups excluding tert-OH is 1. The van der Waals surface area contributed by atoms with Crippen molar-refractivity contribution < 1.29 is 14.7 Å². The van der Waals surface area contributed by atoms with E-state index in [2.05, 4.69) is 5.32 Å². The number of hydrogen-bond acceptors (Lipinski definition) is 3. The Morgan fingerprint density at radius 2 is 2.00 bits per heavy atom. The number of likely N-dealkylation sites (tertiary alicyclic amines) is 1. The van der Waals surface area contributed by atoms with Crippen molar-refractivity contribution >= 4 is 11.8 Å². The summed E-state index contributed by atoms with van der Waals surface area (Å²) in [5, 5.41) is 12.3. The molecule has 1 aromatic carbocycles. The standard InChI is InChI=1S/C19H28N2O3/c1-13-4-6-16(7-5-13)12-21-17(8-9-18(21)23)19(24)20-11-14(2)10-15(3)22/h4-7,14-15,17,22H,8-12H2,1-3H3,(H,20,24). The lowest BCUT2D eigenvalue weighted by molar-refractivity contribution is -0.135. The summed E-state index contributed by atoms with van der Waals surface area (Å²) >= 11 is 0. The largest absolute Gasteiger partial charge is 0.393 e. The van der Waals surface area contributed by atoms with Gasteiger partial charge in [-0.15, -0.1) is 0 Å². The van der Waals surface area contributed by atoms with Crippen molar-refractivity contribution in [2.45, 2.75) is 58.7 Å². The van der Waals surface area contributed by atoms with Gasteiger partial charge in [0.25, 0.3) is 0 Å². The van der Waals surface area contributed by atoms with Gasteiger partial charge in [-0.1, -0.05) is 36.8 Å². The lowest BCUT2D eigenvalue weighted by Crippen LogP contribution is -2.45. The maximum absolute atomic E-state index is 12.5. The summed E-state index contributed by atoms with van der Waals surface area (Å²) in [6.45, 7) is 6.76. The first-order valence-corrected chi connectivity index (χ1v) is 8.67. The van der Waals surface area contributed by atoms with E-state index in [1.807, 2.05) is 38.1 Å². The maximum atomic E-state index is 12.5. The third-order valence-corrected chi connectivity index (χ3v) is 4.47. The smallest absolute Gasteiger partial charge is 0.242 e. The quantitative estimate of drug-likeness (QED) is 0.802. The van der Waals surface area contributed by atoms with E-state index in [4.69, 9.17) is 0 Å². The van der Waals surface area contributed by atoms with Crippen LogP contribution in [0.15, 0.2) is 24.3 Å². The number of aliphatic hydroxyl groups is 1. The van der Waals surface area contributed by atoms with Crippen LogP contribution < -0.4 is 5.32 Å². The molecule has 2 amide bonds. The summed E-state index contributed by atoms with van der Waals surface area (Å²) in [6, 6.07) is 7.64. The molecule has 0 aromatic heterocycles. The van der Waals surface area contributed by atoms with E-state index in [1.54, 1.807) is 11.8 Å². The molecule has 1 aliphatic heterocycles. The molecule has 2 N–H and O–H groups in total. The summed E-state index contributed by atoms with van der Waals surface area (Å²) in [6.07, 6.45) is 1.27. The van der Waals surface area contributed by atoms with E-state index >= 15 is 0 Å². The Morgan fingerprint density at radius 3 is 2.62 bits per heavy atom. The van der Waals surface area contributed by atoms with Gasteiger partial charge in [0.05, 0.1) is 6.10 Å². The highest BCUT2D eigenvalue weighted by molar-refractivity contribution is 5.90. The van der Waals surface area contributed by atoms with E-state index in [-0.39, 0.29) is 23.8 Å². The lowest BCUT2D eigenvalue weighted by atomic mass is 10.0. The van der Waals surface area contributed by atoms with Gasteiger partial charge in [0.15, 0.2) is 0 Å². The fourth-order valence-electron chi connectivity index (χ4n) is 3.15. The number of carbonyl (C=O) groups excluding carboxylic acids is 2. The Bertz CT molecular complexity index is 568. The monoisotopic (exact) mass is 332 g/mol. The van der Waals surface area contributed by atoms with E-state index < -0.39 is 6.04 Å². The first-order valence-electron chi connectivity index (χ1n) is 8.67. The predicted molar refractivity (Wildman–Crippen MR) is 93.2 cm³/mol. The molecule has 24 heavy (non-hydrogen) atoms. The summed E-state index contributed by atoms with van der Waals surface area (Å²) < 4.78 is 0. The molecule has 3 unspecified atom stereocenters. The molecular formula is C19H28N2O3. The first-order chi connectivity index (χ1) is 11.4. The Kier molecular flexibility index (Phi) is 6.37. The molecular weight excluding hydrogens is 304 g/mol. The van der Waals surface area contributed by atoms with Crippen molar-refractivity contribution in [3.8, 4) is 0 Å². The second kappa shape index (κ2) is 8.29. The van der Waals surface area contributed by atoms with Gasteiger partial charge in [0.1, 0.15) is 6.04 Å². The molecule has 5 heteroatoms. The van der Waals surface area contributed by atoms with E-state index in [9.17, 15) is 14.7 Å². The average Bonchev–Trinajstić information content (AvgIpc) is 2.88. The molecule has 1 aliphatic rings. The number of benzene rings is 1. The Balaban J connectivity index is 1.93. The van der Waals surface area contributed by atoms with Gasteiger partial charge in [-0.05, 0) is 38.2 Å². The number of nitrogens with zero attached hydrogens (tertiary/aromatic N) is 1. The fraction of sp³-hybridized carbons (Fsp3) is 0.579. The number of amides is 2. The minimum Gasteiger partial charge on any atom is -0.393 e. The van der Waals surface area contributed by atoms with Crippen molar-refractivity contribution in [2.75, 3.05) is 6.54 Å². The first kappa shape index (κ1) is 18.5. The Morgan fingerprint density at radius 1 is 1.33 bits per heavy atom. The summed E-state index contributed by atoms with van der Waals surface area (Å²) in [4.78, 5) is 26.3. The van der Waals surface area contributed by atoms with Crippen LogP contribution in [0.4, 0.5) is 0 Å². The molecule has 3 atom stereocenters. The van der Waals surface area contributed by atoms with Crippen molar-refractivity contribution in [3.63, 3.8) is 0 Å².